The van der Waals surface area contributed by atoms with Gasteiger partial charge in [0.1, 0.15) is 17.8 Å². The summed E-state index contributed by atoms with van der Waals surface area (Å²) in [7, 11) is 0. The molecule has 2 N–H and O–H groups in total. The lowest BCUT2D eigenvalue weighted by Crippen LogP contribution is -1.98. The van der Waals surface area contributed by atoms with Gasteiger partial charge >= 0.3 is 5.69 Å². The Bertz CT molecular complexity index is 598. The van der Waals surface area contributed by atoms with Crippen molar-refractivity contribution in [1.82, 2.24) is 0 Å². The van der Waals surface area contributed by atoms with Crippen LogP contribution in [-0.4, -0.2) is 15.7 Å². The average Bonchev–Trinajstić information content (AvgIpc) is 2.33. The number of hydrogen-bond acceptors (Lipinski definition) is 7. The van der Waals surface area contributed by atoms with Crippen LogP contribution in [0.3, 0.4) is 0 Å². The molecule has 0 radical (unpaired) electrons. The van der Waals surface area contributed by atoms with Gasteiger partial charge in [-0.3, -0.25) is 15.5 Å². The fraction of sp³-hybridized carbons (Fsp3) is 0. The summed E-state index contributed by atoms with van der Waals surface area (Å²) in [6.45, 7) is 0. The second-order valence-corrected chi connectivity index (χ2v) is 3.31. The molecule has 1 aromatic carbocycles. The van der Waals surface area contributed by atoms with Crippen molar-refractivity contribution >= 4 is 28.7 Å². The van der Waals surface area contributed by atoms with E-state index in [4.69, 9.17) is 22.1 Å². The van der Waals surface area contributed by atoms with E-state index in [0.717, 1.165) is 6.07 Å². The van der Waals surface area contributed by atoms with Crippen LogP contribution in [0.4, 0.5) is 11.4 Å². The first kappa shape index (κ1) is 13.2. The number of rotatable bonds is 3. The maximum absolute atomic E-state index is 10.6. The van der Waals surface area contributed by atoms with Crippen molar-refractivity contribution in [2.75, 3.05) is 5.43 Å². The average molecular weight is 266 g/mol. The Morgan fingerprint density at radius 1 is 1.50 bits per heavy atom. The Labute approximate surface area is 105 Å². The number of nitro groups is 1. The first-order valence-electron chi connectivity index (χ1n) is 4.30. The summed E-state index contributed by atoms with van der Waals surface area (Å²) in [5.41, 5.74) is 0.854. The fourth-order valence-corrected chi connectivity index (χ4v) is 1.21. The van der Waals surface area contributed by atoms with Crippen LogP contribution in [-0.2, 0) is 0 Å². The molecule has 0 unspecified atom stereocenters. The van der Waals surface area contributed by atoms with Crippen molar-refractivity contribution in [3.8, 4) is 17.9 Å². The van der Waals surface area contributed by atoms with E-state index >= 15 is 0 Å². The molecule has 8 nitrogen and oxygen atoms in total. The fourth-order valence-electron chi connectivity index (χ4n) is 1.00. The number of nitrogens with one attached hydrogen (secondary N) is 1. The zero-order valence-electron chi connectivity index (χ0n) is 8.59. The summed E-state index contributed by atoms with van der Waals surface area (Å²) in [4.78, 5) is 9.77. The van der Waals surface area contributed by atoms with Gasteiger partial charge < -0.3 is 5.11 Å². The number of aromatic hydroxyl groups is 1. The summed E-state index contributed by atoms with van der Waals surface area (Å²) >= 11 is 5.62. The van der Waals surface area contributed by atoms with Gasteiger partial charge in [-0.25, -0.2) is 0 Å². The lowest BCUT2D eigenvalue weighted by molar-refractivity contribution is -0.385. The summed E-state index contributed by atoms with van der Waals surface area (Å²) in [5, 5.41) is 40.3. The minimum absolute atomic E-state index is 0.00679. The van der Waals surface area contributed by atoms with Gasteiger partial charge in [0.2, 0.25) is 11.5 Å². The Hall–Kier alpha value is -2.84. The minimum atomic E-state index is -0.828. The van der Waals surface area contributed by atoms with Gasteiger partial charge in [-0.2, -0.15) is 15.6 Å². The van der Waals surface area contributed by atoms with E-state index in [1.165, 1.54) is 18.2 Å². The monoisotopic (exact) mass is 265 g/mol. The van der Waals surface area contributed by atoms with Crippen LogP contribution in [0.1, 0.15) is 0 Å². The maximum Gasteiger partial charge on any atom is 0.314 e. The Morgan fingerprint density at radius 2 is 2.11 bits per heavy atom. The highest BCUT2D eigenvalue weighted by molar-refractivity contribution is 6.31. The Balaban J connectivity index is 3.20. The van der Waals surface area contributed by atoms with Gasteiger partial charge in [-0.05, 0) is 6.07 Å². The molecule has 0 saturated heterocycles. The molecule has 0 aromatic heterocycles. The van der Waals surface area contributed by atoms with Crippen LogP contribution in [0.5, 0.6) is 5.75 Å². The predicted octanol–water partition coefficient (Wildman–Crippen LogP) is 1.77. The highest BCUT2D eigenvalue weighted by Crippen LogP contribution is 2.36. The SMILES string of the molecule is N#CC(C#N)=NNc1cc(Cl)cc([N+](=O)[O-])c1O. The van der Waals surface area contributed by atoms with Crippen LogP contribution in [0.25, 0.3) is 0 Å². The maximum atomic E-state index is 10.6. The molecule has 1 rings (SSSR count). The van der Waals surface area contributed by atoms with Gasteiger partial charge in [0, 0.05) is 11.1 Å². The van der Waals surface area contributed by atoms with Crippen molar-refractivity contribution < 1.29 is 10.0 Å². The van der Waals surface area contributed by atoms with E-state index in [0.29, 0.717) is 0 Å². The molecule has 0 bridgehead atoms. The number of nitriles is 2. The summed E-state index contributed by atoms with van der Waals surface area (Å²) in [5.74, 6) is -0.691. The summed E-state index contributed by atoms with van der Waals surface area (Å²) in [6, 6.07) is 5.07. The first-order chi connectivity index (χ1) is 8.49. The van der Waals surface area contributed by atoms with Crippen molar-refractivity contribution in [3.63, 3.8) is 0 Å². The molecule has 90 valence electrons. The minimum Gasteiger partial charge on any atom is -0.501 e. The van der Waals surface area contributed by atoms with Crippen molar-refractivity contribution in [1.29, 1.82) is 10.5 Å². The summed E-state index contributed by atoms with van der Waals surface area (Å²) < 4.78 is 0. The molecule has 0 spiro atoms. The predicted molar refractivity (Wildman–Crippen MR) is 62.1 cm³/mol. The molecule has 1 aromatic rings. The third-order valence-corrected chi connectivity index (χ3v) is 1.97. The smallest absolute Gasteiger partial charge is 0.314 e. The first-order valence-corrected chi connectivity index (χ1v) is 4.68. The molecular weight excluding hydrogens is 262 g/mol. The molecule has 18 heavy (non-hydrogen) atoms. The van der Waals surface area contributed by atoms with Crippen molar-refractivity contribution in [2.45, 2.75) is 0 Å². The van der Waals surface area contributed by atoms with E-state index in [2.05, 4.69) is 10.5 Å². The number of hydrazone groups is 1. The second-order valence-electron chi connectivity index (χ2n) is 2.87. The van der Waals surface area contributed by atoms with E-state index in [1.54, 1.807) is 0 Å². The lowest BCUT2D eigenvalue weighted by Gasteiger charge is -2.04. The molecule has 0 atom stereocenters. The van der Waals surface area contributed by atoms with Gasteiger partial charge in [-0.15, -0.1) is 0 Å². The van der Waals surface area contributed by atoms with Crippen LogP contribution < -0.4 is 5.43 Å². The number of benzene rings is 1. The van der Waals surface area contributed by atoms with Crippen LogP contribution >= 0.6 is 11.6 Å². The highest BCUT2D eigenvalue weighted by atomic mass is 35.5. The number of phenolic OH excluding ortho intramolecular Hbond substituents is 1. The number of anilines is 1. The molecular formula is C9H4ClN5O3. The van der Waals surface area contributed by atoms with Crippen LogP contribution in [0.2, 0.25) is 5.02 Å². The Kier molecular flexibility index (Phi) is 4.02. The zero-order chi connectivity index (χ0) is 13.7. The molecule has 0 heterocycles. The topological polar surface area (TPSA) is 135 Å². The number of nitrogens with zero attached hydrogens (tertiary/aromatic N) is 4. The third kappa shape index (κ3) is 2.84. The van der Waals surface area contributed by atoms with Gasteiger partial charge in [0.15, 0.2) is 0 Å². The van der Waals surface area contributed by atoms with Gasteiger partial charge in [0.25, 0.3) is 0 Å². The van der Waals surface area contributed by atoms with Crippen molar-refractivity contribution in [2.24, 2.45) is 5.10 Å². The lowest BCUT2D eigenvalue weighted by atomic mass is 10.2. The number of phenols is 1. The standard InChI is InChI=1S/C9H4ClN5O3/c10-5-1-7(14-13-6(3-11)4-12)9(16)8(2-5)15(17)18/h1-2,14,16H. The largest absolute Gasteiger partial charge is 0.501 e. The van der Waals surface area contributed by atoms with Crippen LogP contribution in [0.15, 0.2) is 17.2 Å². The van der Waals surface area contributed by atoms with Gasteiger partial charge in [-0.1, -0.05) is 11.6 Å². The van der Waals surface area contributed by atoms with Gasteiger partial charge in [0.05, 0.1) is 4.92 Å². The third-order valence-electron chi connectivity index (χ3n) is 1.75. The van der Waals surface area contributed by atoms with Crippen LogP contribution in [0, 0.1) is 32.8 Å². The molecule has 0 fully saturated rings. The molecule has 9 heteroatoms. The van der Waals surface area contributed by atoms with Crippen molar-refractivity contribution in [3.05, 3.63) is 27.3 Å². The zero-order valence-corrected chi connectivity index (χ0v) is 9.34. The Morgan fingerprint density at radius 3 is 2.61 bits per heavy atom. The van der Waals surface area contributed by atoms with E-state index in [9.17, 15) is 15.2 Å². The number of nitro benzene ring substituents is 1. The normalized spacial score (nSPS) is 8.83. The highest BCUT2D eigenvalue weighted by Gasteiger charge is 2.18. The van der Waals surface area contributed by atoms with E-state index < -0.39 is 22.1 Å². The number of hydrogen-bond donors (Lipinski definition) is 2. The summed E-state index contributed by atoms with van der Waals surface area (Å²) in [6.07, 6.45) is 0. The molecule has 0 saturated carbocycles. The molecule has 0 aliphatic rings. The second kappa shape index (κ2) is 5.48. The molecule has 0 amide bonds. The van der Waals surface area contributed by atoms with E-state index in [1.807, 2.05) is 0 Å². The van der Waals surface area contributed by atoms with E-state index in [-0.39, 0.29) is 10.7 Å². The molecule has 0 aliphatic carbocycles. The number of halogens is 1. The molecule has 0 aliphatic heterocycles. The quantitative estimate of drug-likeness (QED) is 0.370.